The molecule has 0 aliphatic carbocycles. The number of benzene rings is 1. The van der Waals surface area contributed by atoms with Crippen molar-refractivity contribution in [2.45, 2.75) is 25.5 Å². The van der Waals surface area contributed by atoms with E-state index in [4.69, 9.17) is 9.84 Å². The first-order valence-electron chi connectivity index (χ1n) is 5.79. The van der Waals surface area contributed by atoms with Gasteiger partial charge in [0.15, 0.2) is 0 Å². The third kappa shape index (κ3) is 3.04. The maximum absolute atomic E-state index is 8.93. The number of hydrogen-bond acceptors (Lipinski definition) is 3. The molecule has 3 heteroatoms. The van der Waals surface area contributed by atoms with Crippen LogP contribution in [0.5, 0.6) is 0 Å². The van der Waals surface area contributed by atoms with E-state index in [0.717, 1.165) is 13.0 Å². The molecular formula is C13H19NO2. The predicted molar refractivity (Wildman–Crippen MR) is 63.5 cm³/mol. The Balaban J connectivity index is 1.84. The summed E-state index contributed by atoms with van der Waals surface area (Å²) in [6, 6.07) is 8.96. The molecule has 2 rings (SSSR count). The molecule has 1 aromatic rings. The summed E-state index contributed by atoms with van der Waals surface area (Å²) >= 11 is 0. The van der Waals surface area contributed by atoms with Gasteiger partial charge in [-0.05, 0) is 18.9 Å². The van der Waals surface area contributed by atoms with Crippen LogP contribution in [0.3, 0.4) is 0 Å². The molecule has 0 amide bonds. The van der Waals surface area contributed by atoms with Crippen LogP contribution in [0.1, 0.15) is 11.1 Å². The van der Waals surface area contributed by atoms with Crippen molar-refractivity contribution in [3.05, 3.63) is 35.4 Å². The van der Waals surface area contributed by atoms with Gasteiger partial charge in [0, 0.05) is 12.6 Å². The summed E-state index contributed by atoms with van der Waals surface area (Å²) in [7, 11) is 0. The molecule has 88 valence electrons. The van der Waals surface area contributed by atoms with E-state index >= 15 is 0 Å². The summed E-state index contributed by atoms with van der Waals surface area (Å²) in [4.78, 5) is 0. The van der Waals surface area contributed by atoms with Gasteiger partial charge in [-0.1, -0.05) is 29.8 Å². The minimum atomic E-state index is -0.0331. The number of aryl methyl sites for hydroxylation is 1. The van der Waals surface area contributed by atoms with Crippen LogP contribution in [0.25, 0.3) is 0 Å². The highest BCUT2D eigenvalue weighted by molar-refractivity contribution is 5.22. The largest absolute Gasteiger partial charge is 0.394 e. The highest BCUT2D eigenvalue weighted by Gasteiger charge is 2.20. The summed E-state index contributed by atoms with van der Waals surface area (Å²) in [6.45, 7) is 3.62. The van der Waals surface area contributed by atoms with Crippen molar-refractivity contribution in [3.8, 4) is 0 Å². The SMILES string of the molecule is Cc1ccc(C[C@H]2CO[C@@H](CO)CN2)cc1. The molecular weight excluding hydrogens is 202 g/mol. The number of hydrogen-bond donors (Lipinski definition) is 2. The zero-order chi connectivity index (χ0) is 11.4. The Bertz CT molecular complexity index is 315. The Labute approximate surface area is 96.4 Å². The maximum atomic E-state index is 8.93. The zero-order valence-electron chi connectivity index (χ0n) is 9.65. The third-order valence-electron chi connectivity index (χ3n) is 2.97. The van der Waals surface area contributed by atoms with Crippen molar-refractivity contribution < 1.29 is 9.84 Å². The van der Waals surface area contributed by atoms with Crippen molar-refractivity contribution in [1.29, 1.82) is 0 Å². The smallest absolute Gasteiger partial charge is 0.0930 e. The molecule has 0 aromatic heterocycles. The average Bonchev–Trinajstić information content (AvgIpc) is 2.33. The van der Waals surface area contributed by atoms with Gasteiger partial charge in [0.1, 0.15) is 0 Å². The van der Waals surface area contributed by atoms with Crippen LogP contribution in [0, 0.1) is 6.92 Å². The highest BCUT2D eigenvalue weighted by Crippen LogP contribution is 2.09. The molecule has 3 nitrogen and oxygen atoms in total. The molecule has 0 bridgehead atoms. The van der Waals surface area contributed by atoms with Gasteiger partial charge >= 0.3 is 0 Å². The Kier molecular flexibility index (Phi) is 3.93. The van der Waals surface area contributed by atoms with Crippen LogP contribution in [0.15, 0.2) is 24.3 Å². The number of nitrogens with one attached hydrogen (secondary N) is 1. The molecule has 1 aromatic carbocycles. The number of aliphatic hydroxyl groups is 1. The fraction of sp³-hybridized carbons (Fsp3) is 0.538. The number of rotatable bonds is 3. The Hall–Kier alpha value is -0.900. The first-order valence-corrected chi connectivity index (χ1v) is 5.79. The Morgan fingerprint density at radius 3 is 2.69 bits per heavy atom. The molecule has 1 aliphatic heterocycles. The van der Waals surface area contributed by atoms with E-state index in [2.05, 4.69) is 36.5 Å². The molecule has 0 radical (unpaired) electrons. The third-order valence-corrected chi connectivity index (χ3v) is 2.97. The Morgan fingerprint density at radius 1 is 1.38 bits per heavy atom. The summed E-state index contributed by atoms with van der Waals surface area (Å²) < 4.78 is 5.52. The van der Waals surface area contributed by atoms with Gasteiger partial charge in [0.2, 0.25) is 0 Å². The first kappa shape index (κ1) is 11.6. The highest BCUT2D eigenvalue weighted by atomic mass is 16.5. The van der Waals surface area contributed by atoms with E-state index in [1.807, 2.05) is 0 Å². The van der Waals surface area contributed by atoms with Crippen LogP contribution in [0.4, 0.5) is 0 Å². The first-order chi connectivity index (χ1) is 7.78. The van der Waals surface area contributed by atoms with Gasteiger partial charge in [-0.2, -0.15) is 0 Å². The minimum absolute atomic E-state index is 0.0331. The average molecular weight is 221 g/mol. The van der Waals surface area contributed by atoms with Crippen LogP contribution in [-0.2, 0) is 11.2 Å². The minimum Gasteiger partial charge on any atom is -0.394 e. The number of aliphatic hydroxyl groups excluding tert-OH is 1. The van der Waals surface area contributed by atoms with Crippen LogP contribution >= 0.6 is 0 Å². The van der Waals surface area contributed by atoms with Crippen LogP contribution < -0.4 is 5.32 Å². The molecule has 16 heavy (non-hydrogen) atoms. The predicted octanol–water partition coefficient (Wildman–Crippen LogP) is 0.887. The van der Waals surface area contributed by atoms with Gasteiger partial charge in [-0.3, -0.25) is 0 Å². The second-order valence-corrected chi connectivity index (χ2v) is 4.43. The maximum Gasteiger partial charge on any atom is 0.0930 e. The monoisotopic (exact) mass is 221 g/mol. The molecule has 1 heterocycles. The lowest BCUT2D eigenvalue weighted by molar-refractivity contribution is -0.0252. The lowest BCUT2D eigenvalue weighted by Gasteiger charge is -2.29. The normalized spacial score (nSPS) is 25.6. The van der Waals surface area contributed by atoms with Crippen LogP contribution in [-0.4, -0.2) is 37.0 Å². The van der Waals surface area contributed by atoms with Crippen molar-refractivity contribution >= 4 is 0 Å². The molecule has 0 saturated carbocycles. The van der Waals surface area contributed by atoms with E-state index in [1.54, 1.807) is 0 Å². The molecule has 1 saturated heterocycles. The van der Waals surface area contributed by atoms with Crippen LogP contribution in [0.2, 0.25) is 0 Å². The summed E-state index contributed by atoms with van der Waals surface area (Å²) in [5.41, 5.74) is 2.62. The van der Waals surface area contributed by atoms with Crippen molar-refractivity contribution in [3.63, 3.8) is 0 Å². The summed E-state index contributed by atoms with van der Waals surface area (Å²) in [5, 5.41) is 12.3. The van der Waals surface area contributed by atoms with Gasteiger partial charge in [0.05, 0.1) is 19.3 Å². The van der Waals surface area contributed by atoms with Crippen molar-refractivity contribution in [2.24, 2.45) is 0 Å². The topological polar surface area (TPSA) is 41.5 Å². The van der Waals surface area contributed by atoms with Gasteiger partial charge in [0.25, 0.3) is 0 Å². The fourth-order valence-corrected chi connectivity index (χ4v) is 1.93. The lowest BCUT2D eigenvalue weighted by atomic mass is 10.0. The Morgan fingerprint density at radius 2 is 2.12 bits per heavy atom. The van der Waals surface area contributed by atoms with Gasteiger partial charge in [-0.25, -0.2) is 0 Å². The van der Waals surface area contributed by atoms with E-state index in [-0.39, 0.29) is 12.7 Å². The molecule has 1 fully saturated rings. The lowest BCUT2D eigenvalue weighted by Crippen LogP contribution is -2.48. The van der Waals surface area contributed by atoms with E-state index in [0.29, 0.717) is 12.6 Å². The van der Waals surface area contributed by atoms with E-state index < -0.39 is 0 Å². The zero-order valence-corrected chi connectivity index (χ0v) is 9.65. The molecule has 0 unspecified atom stereocenters. The standard InChI is InChI=1S/C13H19NO2/c1-10-2-4-11(5-3-10)6-12-9-16-13(8-15)7-14-12/h2-5,12-15H,6-9H2,1H3/t12-,13+/m0/s1. The quantitative estimate of drug-likeness (QED) is 0.796. The second kappa shape index (κ2) is 5.43. The van der Waals surface area contributed by atoms with Gasteiger partial charge in [-0.15, -0.1) is 0 Å². The number of ether oxygens (including phenoxy) is 1. The fourth-order valence-electron chi connectivity index (χ4n) is 1.93. The van der Waals surface area contributed by atoms with Crippen molar-refractivity contribution in [2.75, 3.05) is 19.8 Å². The van der Waals surface area contributed by atoms with E-state index in [1.165, 1.54) is 11.1 Å². The number of morpholine rings is 1. The molecule has 2 N–H and O–H groups in total. The molecule has 0 spiro atoms. The van der Waals surface area contributed by atoms with Crippen molar-refractivity contribution in [1.82, 2.24) is 5.32 Å². The van der Waals surface area contributed by atoms with Gasteiger partial charge < -0.3 is 15.2 Å². The summed E-state index contributed by atoms with van der Waals surface area (Å²) in [5.74, 6) is 0. The van der Waals surface area contributed by atoms with E-state index in [9.17, 15) is 0 Å². The second-order valence-electron chi connectivity index (χ2n) is 4.43. The molecule has 1 aliphatic rings. The molecule has 2 atom stereocenters. The summed E-state index contributed by atoms with van der Waals surface area (Å²) in [6.07, 6.45) is 0.951.